The Bertz CT molecular complexity index is 892. The first-order chi connectivity index (χ1) is 12.5. The minimum Gasteiger partial charge on any atom is -0.294 e. The Morgan fingerprint density at radius 2 is 1.62 bits per heavy atom. The number of hydrogen-bond donors (Lipinski definition) is 0. The summed E-state index contributed by atoms with van der Waals surface area (Å²) in [4.78, 5) is 13.7. The topological polar surface area (TPSA) is 17.1 Å². The molecule has 0 bridgehead atoms. The Hall–Kier alpha value is -1.74. The third-order valence-corrected chi connectivity index (χ3v) is 6.35. The predicted molar refractivity (Wildman–Crippen MR) is 112 cm³/mol. The highest BCUT2D eigenvalue weighted by atomic mass is 35.5. The van der Waals surface area contributed by atoms with Crippen molar-refractivity contribution in [2.24, 2.45) is 0 Å². The number of Topliss-reactive ketones (excluding diaryl/α,β-unsaturated/α-hetero) is 1. The maximum absolute atomic E-state index is 12.8. The molecule has 1 nitrogen and oxygen atoms in total. The zero-order valence-electron chi connectivity index (χ0n) is 14.3. The summed E-state index contributed by atoms with van der Waals surface area (Å²) in [6.07, 6.45) is 0.389. The van der Waals surface area contributed by atoms with Gasteiger partial charge in [-0.3, -0.25) is 4.79 Å². The average Bonchev–Trinajstić information content (AvgIpc) is 2.66. The van der Waals surface area contributed by atoms with Gasteiger partial charge in [-0.05, 0) is 24.6 Å². The monoisotopic (exact) mass is 400 g/mol. The summed E-state index contributed by atoms with van der Waals surface area (Å²) >= 11 is 14.1. The van der Waals surface area contributed by atoms with E-state index < -0.39 is 0 Å². The zero-order valence-corrected chi connectivity index (χ0v) is 16.6. The molecule has 0 saturated heterocycles. The molecular formula is C22H18Cl2OS. The molecule has 0 N–H and O–H groups in total. The molecule has 3 rings (SSSR count). The molecule has 3 aromatic rings. The highest BCUT2D eigenvalue weighted by Crippen LogP contribution is 2.43. The van der Waals surface area contributed by atoms with Crippen LogP contribution in [0.3, 0.4) is 0 Å². The molecule has 0 aromatic heterocycles. The van der Waals surface area contributed by atoms with Gasteiger partial charge < -0.3 is 0 Å². The van der Waals surface area contributed by atoms with Gasteiger partial charge in [-0.2, -0.15) is 0 Å². The van der Waals surface area contributed by atoms with Gasteiger partial charge in [-0.15, -0.1) is 11.8 Å². The van der Waals surface area contributed by atoms with E-state index >= 15 is 0 Å². The molecule has 0 aliphatic carbocycles. The van der Waals surface area contributed by atoms with Gasteiger partial charge in [-0.25, -0.2) is 0 Å². The molecule has 0 radical (unpaired) electrons. The summed E-state index contributed by atoms with van der Waals surface area (Å²) in [6, 6.07) is 23.3. The van der Waals surface area contributed by atoms with Crippen LogP contribution in [0.15, 0.2) is 77.7 Å². The SMILES string of the molecule is Cc1ccc(C(=O)C[C@@H](Sc2cccc(Cl)c2Cl)c2ccccc2)cc1. The lowest BCUT2D eigenvalue weighted by atomic mass is 10.0. The van der Waals surface area contributed by atoms with Gasteiger partial charge >= 0.3 is 0 Å². The number of thioether (sulfide) groups is 1. The first-order valence-corrected chi connectivity index (χ1v) is 9.93. The lowest BCUT2D eigenvalue weighted by Crippen LogP contribution is -2.05. The largest absolute Gasteiger partial charge is 0.294 e. The van der Waals surface area contributed by atoms with Crippen molar-refractivity contribution < 1.29 is 4.79 Å². The summed E-state index contributed by atoms with van der Waals surface area (Å²) in [6.45, 7) is 2.01. The second kappa shape index (κ2) is 8.77. The molecule has 26 heavy (non-hydrogen) atoms. The van der Waals surface area contributed by atoms with Crippen molar-refractivity contribution in [2.45, 2.75) is 23.5 Å². The van der Waals surface area contributed by atoms with Gasteiger partial charge in [-0.1, -0.05) is 89.4 Å². The van der Waals surface area contributed by atoms with E-state index in [-0.39, 0.29) is 11.0 Å². The number of carbonyl (C=O) groups is 1. The highest BCUT2D eigenvalue weighted by Gasteiger charge is 2.20. The molecule has 3 aromatic carbocycles. The number of aryl methyl sites for hydroxylation is 1. The maximum Gasteiger partial charge on any atom is 0.164 e. The van der Waals surface area contributed by atoms with Crippen LogP contribution in [0, 0.1) is 6.92 Å². The van der Waals surface area contributed by atoms with Crippen molar-refractivity contribution in [3.8, 4) is 0 Å². The van der Waals surface area contributed by atoms with Gasteiger partial charge in [0.15, 0.2) is 5.78 Å². The number of halogens is 2. The molecule has 4 heteroatoms. The predicted octanol–water partition coefficient (Wildman–Crippen LogP) is 7.41. The van der Waals surface area contributed by atoms with E-state index in [0.29, 0.717) is 16.5 Å². The van der Waals surface area contributed by atoms with Crippen molar-refractivity contribution in [2.75, 3.05) is 0 Å². The summed E-state index contributed by atoms with van der Waals surface area (Å²) < 4.78 is 0. The normalized spacial score (nSPS) is 12.0. The van der Waals surface area contributed by atoms with E-state index in [2.05, 4.69) is 0 Å². The highest BCUT2D eigenvalue weighted by molar-refractivity contribution is 7.99. The van der Waals surface area contributed by atoms with Crippen molar-refractivity contribution in [1.29, 1.82) is 0 Å². The summed E-state index contributed by atoms with van der Waals surface area (Å²) in [5.74, 6) is 0.115. The van der Waals surface area contributed by atoms with Crippen LogP contribution in [0.25, 0.3) is 0 Å². The molecule has 0 aliphatic heterocycles. The molecule has 0 saturated carbocycles. The van der Waals surface area contributed by atoms with E-state index in [1.165, 1.54) is 0 Å². The molecule has 0 unspecified atom stereocenters. The Morgan fingerprint density at radius 1 is 0.923 bits per heavy atom. The van der Waals surface area contributed by atoms with Crippen LogP contribution >= 0.6 is 35.0 Å². The van der Waals surface area contributed by atoms with Crippen LogP contribution in [0.4, 0.5) is 0 Å². The molecule has 0 heterocycles. The minimum absolute atomic E-state index is 0.0408. The molecule has 0 aliphatic rings. The van der Waals surface area contributed by atoms with Crippen LogP contribution in [-0.2, 0) is 0 Å². The molecular weight excluding hydrogens is 383 g/mol. The van der Waals surface area contributed by atoms with Gasteiger partial charge in [0.05, 0.1) is 10.0 Å². The van der Waals surface area contributed by atoms with Crippen molar-refractivity contribution in [3.63, 3.8) is 0 Å². The molecule has 132 valence electrons. The van der Waals surface area contributed by atoms with Crippen LogP contribution in [0.1, 0.15) is 33.2 Å². The first kappa shape index (κ1) is 19.0. The van der Waals surface area contributed by atoms with Crippen molar-refractivity contribution in [3.05, 3.63) is 99.5 Å². The van der Waals surface area contributed by atoms with E-state index in [9.17, 15) is 4.79 Å². The third-order valence-electron chi connectivity index (χ3n) is 4.10. The standard InChI is InChI=1S/C22H18Cl2OS/c1-15-10-12-16(13-11-15)19(25)14-21(17-6-3-2-4-7-17)26-20-9-5-8-18(23)22(20)24/h2-13,21H,14H2,1H3/t21-/m1/s1. The van der Waals surface area contributed by atoms with Gasteiger partial charge in [0.2, 0.25) is 0 Å². The quantitative estimate of drug-likeness (QED) is 0.316. The maximum atomic E-state index is 12.8. The van der Waals surface area contributed by atoms with Gasteiger partial charge in [0, 0.05) is 22.1 Å². The molecule has 0 spiro atoms. The van der Waals surface area contributed by atoms with Gasteiger partial charge in [0.1, 0.15) is 0 Å². The van der Waals surface area contributed by atoms with Crippen LogP contribution in [0.5, 0.6) is 0 Å². The lowest BCUT2D eigenvalue weighted by molar-refractivity contribution is 0.0982. The number of carbonyl (C=O) groups excluding carboxylic acids is 1. The fraction of sp³-hybridized carbons (Fsp3) is 0.136. The first-order valence-electron chi connectivity index (χ1n) is 8.30. The molecule has 0 fully saturated rings. The summed E-state index contributed by atoms with van der Waals surface area (Å²) in [5, 5.41) is 1.01. The number of benzene rings is 3. The smallest absolute Gasteiger partial charge is 0.164 e. The average molecular weight is 401 g/mol. The molecule has 1 atom stereocenters. The van der Waals surface area contributed by atoms with E-state index in [4.69, 9.17) is 23.2 Å². The fourth-order valence-corrected chi connectivity index (χ4v) is 4.34. The number of ketones is 1. The Kier molecular flexibility index (Phi) is 6.42. The van der Waals surface area contributed by atoms with Crippen LogP contribution < -0.4 is 0 Å². The Labute approximate surface area is 168 Å². The van der Waals surface area contributed by atoms with Crippen molar-refractivity contribution >= 4 is 40.7 Å². The zero-order chi connectivity index (χ0) is 18.5. The van der Waals surface area contributed by atoms with Crippen molar-refractivity contribution in [1.82, 2.24) is 0 Å². The van der Waals surface area contributed by atoms with E-state index in [0.717, 1.165) is 21.6 Å². The summed E-state index contributed by atoms with van der Waals surface area (Å²) in [5.41, 5.74) is 2.96. The molecule has 0 amide bonds. The van der Waals surface area contributed by atoms with Crippen LogP contribution in [0.2, 0.25) is 10.0 Å². The lowest BCUT2D eigenvalue weighted by Gasteiger charge is -2.18. The Morgan fingerprint density at radius 3 is 2.31 bits per heavy atom. The Balaban J connectivity index is 1.87. The van der Waals surface area contributed by atoms with Gasteiger partial charge in [0.25, 0.3) is 0 Å². The summed E-state index contributed by atoms with van der Waals surface area (Å²) in [7, 11) is 0. The van der Waals surface area contributed by atoms with E-state index in [1.807, 2.05) is 73.7 Å². The second-order valence-electron chi connectivity index (χ2n) is 6.06. The van der Waals surface area contributed by atoms with Crippen LogP contribution in [-0.4, -0.2) is 5.78 Å². The van der Waals surface area contributed by atoms with E-state index in [1.54, 1.807) is 17.8 Å². The number of hydrogen-bond acceptors (Lipinski definition) is 2. The third kappa shape index (κ3) is 4.70. The fourth-order valence-electron chi connectivity index (χ4n) is 2.65. The number of rotatable bonds is 6. The minimum atomic E-state index is -0.0408. The second-order valence-corrected chi connectivity index (χ2v) is 8.09.